The van der Waals surface area contributed by atoms with Crippen molar-refractivity contribution in [2.45, 2.75) is 76.7 Å². The molecule has 0 radical (unpaired) electrons. The Balaban J connectivity index is 1.21. The first-order valence-electron chi connectivity index (χ1n) is 13.0. The van der Waals surface area contributed by atoms with Crippen LogP contribution in [0.2, 0.25) is 0 Å². The van der Waals surface area contributed by atoms with Crippen LogP contribution in [0.4, 0.5) is 4.39 Å². The summed E-state index contributed by atoms with van der Waals surface area (Å²) in [5, 5.41) is 14.1. The van der Waals surface area contributed by atoms with E-state index in [0.29, 0.717) is 25.0 Å². The van der Waals surface area contributed by atoms with Gasteiger partial charge in [-0.05, 0) is 77.1 Å². The second kappa shape index (κ2) is 10.5. The number of piperidine rings is 1. The summed E-state index contributed by atoms with van der Waals surface area (Å²) in [6.45, 7) is 5.22. The molecule has 3 aromatic rings. The molecule has 1 fully saturated rings. The molecule has 1 atom stereocenters. The van der Waals surface area contributed by atoms with E-state index in [1.807, 2.05) is 11.5 Å². The molecule has 2 aromatic heterocycles. The predicted molar refractivity (Wildman–Crippen MR) is 133 cm³/mol. The van der Waals surface area contributed by atoms with E-state index in [9.17, 15) is 14.0 Å². The highest BCUT2D eigenvalue weighted by Gasteiger charge is 2.27. The lowest BCUT2D eigenvalue weighted by Crippen LogP contribution is -2.37. The number of halogens is 1. The van der Waals surface area contributed by atoms with Crippen molar-refractivity contribution in [1.29, 1.82) is 0 Å². The van der Waals surface area contributed by atoms with Gasteiger partial charge in [-0.15, -0.1) is 0 Å². The third-order valence-electron chi connectivity index (χ3n) is 7.86. The third-order valence-corrected chi connectivity index (χ3v) is 7.86. The molecule has 36 heavy (non-hydrogen) atoms. The molecule has 0 aliphatic carbocycles. The lowest BCUT2D eigenvalue weighted by atomic mass is 9.91. The number of aliphatic carboxylic acids is 1. The summed E-state index contributed by atoms with van der Waals surface area (Å²) >= 11 is 0. The van der Waals surface area contributed by atoms with Gasteiger partial charge in [-0.2, -0.15) is 0 Å². The number of carbonyl (C=O) groups is 1. The highest BCUT2D eigenvalue weighted by atomic mass is 19.1. The van der Waals surface area contributed by atoms with Gasteiger partial charge in [-0.3, -0.25) is 14.2 Å². The minimum atomic E-state index is -0.781. The van der Waals surface area contributed by atoms with E-state index in [0.717, 1.165) is 79.9 Å². The maximum absolute atomic E-state index is 13.5. The average Bonchev–Trinajstić information content (AvgIpc) is 3.27. The number of hydrogen-bond donors (Lipinski definition) is 1. The largest absolute Gasteiger partial charge is 0.481 e. The SMILES string of the molecule is Cc1nc2n(c(=O)c1CCN1CCC(c3noc4cc(F)ccc34)CC1)CCCC2CCCC(=O)O. The molecule has 1 N–H and O–H groups in total. The van der Waals surface area contributed by atoms with Crippen molar-refractivity contribution in [1.82, 2.24) is 19.6 Å². The lowest BCUT2D eigenvalue weighted by Gasteiger charge is -2.31. The lowest BCUT2D eigenvalue weighted by molar-refractivity contribution is -0.137. The van der Waals surface area contributed by atoms with Crippen LogP contribution in [0, 0.1) is 12.7 Å². The Morgan fingerprint density at radius 3 is 2.81 bits per heavy atom. The molecule has 0 saturated carbocycles. The molecule has 1 unspecified atom stereocenters. The zero-order valence-electron chi connectivity index (χ0n) is 20.7. The van der Waals surface area contributed by atoms with Gasteiger partial charge >= 0.3 is 5.97 Å². The van der Waals surface area contributed by atoms with E-state index in [4.69, 9.17) is 14.6 Å². The van der Waals surface area contributed by atoms with E-state index in [-0.39, 0.29) is 29.6 Å². The van der Waals surface area contributed by atoms with Crippen molar-refractivity contribution in [2.75, 3.05) is 19.6 Å². The van der Waals surface area contributed by atoms with Crippen molar-refractivity contribution in [3.63, 3.8) is 0 Å². The maximum Gasteiger partial charge on any atom is 0.303 e. The van der Waals surface area contributed by atoms with Gasteiger partial charge in [-0.25, -0.2) is 9.37 Å². The van der Waals surface area contributed by atoms with Crippen molar-refractivity contribution in [3.05, 3.63) is 57.1 Å². The van der Waals surface area contributed by atoms with Gasteiger partial charge < -0.3 is 14.5 Å². The monoisotopic (exact) mass is 496 g/mol. The maximum atomic E-state index is 13.5. The molecule has 0 spiro atoms. The summed E-state index contributed by atoms with van der Waals surface area (Å²) in [7, 11) is 0. The number of aromatic nitrogens is 3. The molecule has 0 amide bonds. The number of carboxylic acids is 1. The standard InChI is InChI=1S/C27H33FN4O4/c1-17-21(27(35)32-12-3-5-19(26(32)29-17)4-2-6-24(33)34)11-15-31-13-9-18(10-14-31)25-22-8-7-20(28)16-23(22)36-30-25/h7-8,16,18-19H,2-6,9-15H2,1H3,(H,33,34). The summed E-state index contributed by atoms with van der Waals surface area (Å²) in [5.41, 5.74) is 3.06. The van der Waals surface area contributed by atoms with Gasteiger partial charge in [-0.1, -0.05) is 5.16 Å². The minimum Gasteiger partial charge on any atom is -0.481 e. The van der Waals surface area contributed by atoms with Crippen molar-refractivity contribution < 1.29 is 18.8 Å². The van der Waals surface area contributed by atoms with E-state index >= 15 is 0 Å². The van der Waals surface area contributed by atoms with E-state index in [2.05, 4.69) is 10.1 Å². The first kappa shape index (κ1) is 24.6. The topological polar surface area (TPSA) is 101 Å². The fraction of sp³-hybridized carbons (Fsp3) is 0.556. The number of aryl methyl sites for hydroxylation is 1. The smallest absolute Gasteiger partial charge is 0.303 e. The third kappa shape index (κ3) is 5.07. The molecular formula is C27H33FN4O4. The van der Waals surface area contributed by atoms with Gasteiger partial charge in [0.2, 0.25) is 0 Å². The fourth-order valence-corrected chi connectivity index (χ4v) is 5.86. The van der Waals surface area contributed by atoms with Gasteiger partial charge in [0.05, 0.1) is 5.69 Å². The molecule has 1 saturated heterocycles. The van der Waals surface area contributed by atoms with E-state index in [1.54, 1.807) is 6.07 Å². The molecule has 8 nitrogen and oxygen atoms in total. The molecule has 2 aliphatic heterocycles. The van der Waals surface area contributed by atoms with Gasteiger partial charge in [0.25, 0.3) is 5.56 Å². The molecule has 5 rings (SSSR count). The Labute approximate surface area is 209 Å². The first-order valence-corrected chi connectivity index (χ1v) is 13.0. The van der Waals surface area contributed by atoms with Crippen LogP contribution in [0.3, 0.4) is 0 Å². The van der Waals surface area contributed by atoms with Crippen LogP contribution in [-0.2, 0) is 17.8 Å². The van der Waals surface area contributed by atoms with Gasteiger partial charge in [0, 0.05) is 54.1 Å². The fourth-order valence-electron chi connectivity index (χ4n) is 5.86. The Kier molecular flexibility index (Phi) is 7.18. The summed E-state index contributed by atoms with van der Waals surface area (Å²) in [5.74, 6) is 0.164. The van der Waals surface area contributed by atoms with Crippen molar-refractivity contribution in [2.24, 2.45) is 0 Å². The number of likely N-dealkylation sites (tertiary alicyclic amines) is 1. The molecule has 2 aliphatic rings. The van der Waals surface area contributed by atoms with Crippen LogP contribution in [0.25, 0.3) is 11.0 Å². The Morgan fingerprint density at radius 1 is 1.22 bits per heavy atom. The van der Waals surface area contributed by atoms with Crippen molar-refractivity contribution in [3.8, 4) is 0 Å². The number of carboxylic acid groups (broad SMARTS) is 1. The summed E-state index contributed by atoms with van der Waals surface area (Å²) < 4.78 is 20.7. The highest BCUT2D eigenvalue weighted by Crippen LogP contribution is 2.33. The summed E-state index contributed by atoms with van der Waals surface area (Å²) in [6, 6.07) is 4.58. The second-order valence-electron chi connectivity index (χ2n) is 10.2. The van der Waals surface area contributed by atoms with E-state index in [1.165, 1.54) is 12.1 Å². The van der Waals surface area contributed by atoms with Crippen LogP contribution in [0.1, 0.15) is 79.6 Å². The number of fused-ring (bicyclic) bond motifs is 2. The first-order chi connectivity index (χ1) is 17.4. The molecule has 4 heterocycles. The quantitative estimate of drug-likeness (QED) is 0.494. The normalized spacial score (nSPS) is 19.0. The molecule has 0 bridgehead atoms. The Morgan fingerprint density at radius 2 is 2.03 bits per heavy atom. The van der Waals surface area contributed by atoms with Crippen molar-refractivity contribution >= 4 is 16.9 Å². The zero-order valence-corrected chi connectivity index (χ0v) is 20.7. The van der Waals surface area contributed by atoms with Crippen LogP contribution in [-0.4, -0.2) is 50.3 Å². The molecule has 192 valence electrons. The summed E-state index contributed by atoms with van der Waals surface area (Å²) in [4.78, 5) is 31.5. The molecule has 1 aromatic carbocycles. The van der Waals surface area contributed by atoms with Crippen LogP contribution >= 0.6 is 0 Å². The molecule has 9 heteroatoms. The average molecular weight is 497 g/mol. The Bertz CT molecular complexity index is 1310. The number of nitrogens with zero attached hydrogens (tertiary/aromatic N) is 4. The molecular weight excluding hydrogens is 463 g/mol. The highest BCUT2D eigenvalue weighted by molar-refractivity contribution is 5.79. The number of hydrogen-bond acceptors (Lipinski definition) is 6. The predicted octanol–water partition coefficient (Wildman–Crippen LogP) is 4.39. The zero-order chi connectivity index (χ0) is 25.2. The summed E-state index contributed by atoms with van der Waals surface area (Å²) in [6.07, 6.45) is 5.93. The second-order valence-corrected chi connectivity index (χ2v) is 10.2. The van der Waals surface area contributed by atoms with Gasteiger partial charge in [0.1, 0.15) is 11.6 Å². The van der Waals surface area contributed by atoms with E-state index < -0.39 is 5.97 Å². The minimum absolute atomic E-state index is 0.0663. The van der Waals surface area contributed by atoms with Crippen LogP contribution in [0.15, 0.2) is 27.5 Å². The van der Waals surface area contributed by atoms with Crippen LogP contribution in [0.5, 0.6) is 0 Å². The Hall–Kier alpha value is -3.07. The van der Waals surface area contributed by atoms with Crippen LogP contribution < -0.4 is 5.56 Å². The number of rotatable bonds is 8. The number of benzene rings is 1. The van der Waals surface area contributed by atoms with Gasteiger partial charge in [0.15, 0.2) is 5.58 Å².